The van der Waals surface area contributed by atoms with Gasteiger partial charge in [0.1, 0.15) is 5.75 Å². The van der Waals surface area contributed by atoms with E-state index < -0.39 is 5.60 Å². The molecule has 1 aliphatic heterocycles. The third-order valence-electron chi connectivity index (χ3n) is 9.88. The molecule has 0 saturated carbocycles. The van der Waals surface area contributed by atoms with E-state index in [9.17, 15) is 0 Å². The predicted octanol–water partition coefficient (Wildman–Crippen LogP) is 11.9. The average molecular weight is 612 g/mol. The van der Waals surface area contributed by atoms with E-state index >= 15 is 0 Å². The molecule has 2 heteroatoms. The van der Waals surface area contributed by atoms with Crippen molar-refractivity contribution in [2.45, 2.75) is 58.0 Å². The Bertz CT molecular complexity index is 2250. The zero-order valence-corrected chi connectivity index (χ0v) is 28.1. The smallest absolute Gasteiger partial charge is 0.178 e. The first-order valence-electron chi connectivity index (χ1n) is 16.7. The first-order valence-corrected chi connectivity index (χ1v) is 16.7. The van der Waals surface area contributed by atoms with Crippen LogP contribution in [0.5, 0.6) is 5.75 Å². The lowest BCUT2D eigenvalue weighted by Gasteiger charge is -2.37. The van der Waals surface area contributed by atoms with Crippen LogP contribution in [0.4, 0.5) is 0 Å². The van der Waals surface area contributed by atoms with Crippen molar-refractivity contribution in [3.8, 4) is 11.4 Å². The molecule has 0 N–H and O–H groups in total. The predicted molar refractivity (Wildman–Crippen MR) is 199 cm³/mol. The first kappa shape index (κ1) is 29.3. The Balaban J connectivity index is 1.52. The Kier molecular flexibility index (Phi) is 6.53. The van der Waals surface area contributed by atoms with Crippen LogP contribution < -0.4 is 4.74 Å². The van der Waals surface area contributed by atoms with Crippen molar-refractivity contribution in [1.29, 1.82) is 0 Å². The minimum absolute atomic E-state index is 0.00508. The Morgan fingerprint density at radius 1 is 0.553 bits per heavy atom. The zero-order chi connectivity index (χ0) is 32.6. The van der Waals surface area contributed by atoms with Gasteiger partial charge in [0.2, 0.25) is 0 Å². The number of ether oxygens (including phenoxy) is 1. The summed E-state index contributed by atoms with van der Waals surface area (Å²) in [6.07, 6.45) is 4.59. The van der Waals surface area contributed by atoms with Gasteiger partial charge >= 0.3 is 0 Å². The van der Waals surface area contributed by atoms with Gasteiger partial charge < -0.3 is 9.30 Å². The summed E-state index contributed by atoms with van der Waals surface area (Å²) in [7, 11) is 0. The fraction of sp³-hybridized carbons (Fsp3) is 0.200. The minimum Gasteiger partial charge on any atom is -0.472 e. The number of hydrogen-bond acceptors (Lipinski definition) is 1. The topological polar surface area (TPSA) is 14.2 Å². The molecule has 1 aliphatic rings. The molecule has 0 bridgehead atoms. The van der Waals surface area contributed by atoms with Crippen molar-refractivity contribution in [2.75, 3.05) is 0 Å². The molecule has 0 unspecified atom stereocenters. The largest absolute Gasteiger partial charge is 0.472 e. The van der Waals surface area contributed by atoms with Gasteiger partial charge in [0, 0.05) is 38.5 Å². The molecular weight excluding hydrogens is 571 g/mol. The van der Waals surface area contributed by atoms with Gasteiger partial charge in [0.05, 0.1) is 11.0 Å². The van der Waals surface area contributed by atoms with Gasteiger partial charge in [-0.3, -0.25) is 0 Å². The highest BCUT2D eigenvalue weighted by Gasteiger charge is 2.39. The summed E-state index contributed by atoms with van der Waals surface area (Å²) in [6, 6.07) is 46.0. The van der Waals surface area contributed by atoms with Crippen LogP contribution in [-0.4, -0.2) is 4.57 Å². The number of fused-ring (bicyclic) bond motifs is 8. The SMILES string of the molecule is CC(C)(C)c1cc(-n2c3ccccc3c3c4ccccc4c4c(c32)C=CC(c2ccccc2)(c2ccccc2)O4)cc(C(C)(C)C)c1. The molecule has 0 amide bonds. The summed E-state index contributed by atoms with van der Waals surface area (Å²) in [6.45, 7) is 13.9. The van der Waals surface area contributed by atoms with E-state index in [0.717, 1.165) is 27.8 Å². The molecule has 0 radical (unpaired) electrons. The van der Waals surface area contributed by atoms with Crippen LogP contribution in [0.3, 0.4) is 0 Å². The molecule has 0 aliphatic carbocycles. The number of nitrogens with zero attached hydrogens (tertiary/aromatic N) is 1. The van der Waals surface area contributed by atoms with Crippen molar-refractivity contribution >= 4 is 38.7 Å². The van der Waals surface area contributed by atoms with Gasteiger partial charge in [-0.1, -0.05) is 151 Å². The summed E-state index contributed by atoms with van der Waals surface area (Å²) < 4.78 is 9.95. The Morgan fingerprint density at radius 2 is 1.06 bits per heavy atom. The first-order chi connectivity index (χ1) is 22.6. The highest BCUT2D eigenvalue weighted by atomic mass is 16.5. The van der Waals surface area contributed by atoms with Gasteiger partial charge in [-0.2, -0.15) is 0 Å². The molecule has 0 atom stereocenters. The molecule has 8 rings (SSSR count). The molecule has 0 spiro atoms. The number of para-hydroxylation sites is 1. The zero-order valence-electron chi connectivity index (χ0n) is 28.1. The maximum absolute atomic E-state index is 7.46. The molecule has 0 fully saturated rings. The van der Waals surface area contributed by atoms with Gasteiger partial charge in [-0.05, 0) is 57.7 Å². The van der Waals surface area contributed by atoms with Crippen LogP contribution in [0, 0.1) is 0 Å². The second kappa shape index (κ2) is 10.5. The average Bonchev–Trinajstić information content (AvgIpc) is 3.43. The molecule has 47 heavy (non-hydrogen) atoms. The van der Waals surface area contributed by atoms with E-state index in [1.54, 1.807) is 0 Å². The highest BCUT2D eigenvalue weighted by molar-refractivity contribution is 6.25. The summed E-state index contributed by atoms with van der Waals surface area (Å²) in [5.74, 6) is 0.912. The lowest BCUT2D eigenvalue weighted by atomic mass is 9.80. The normalized spacial score (nSPS) is 14.4. The van der Waals surface area contributed by atoms with Crippen molar-refractivity contribution in [2.24, 2.45) is 0 Å². The third-order valence-corrected chi connectivity index (χ3v) is 9.88. The van der Waals surface area contributed by atoms with Gasteiger partial charge in [-0.25, -0.2) is 0 Å². The Labute approximate surface area is 277 Å². The maximum atomic E-state index is 7.46. The van der Waals surface area contributed by atoms with Crippen LogP contribution in [0.2, 0.25) is 0 Å². The molecule has 7 aromatic rings. The molecule has 2 heterocycles. The fourth-order valence-electron chi connectivity index (χ4n) is 7.30. The van der Waals surface area contributed by atoms with E-state index in [0.29, 0.717) is 0 Å². The number of benzene rings is 6. The molecule has 0 saturated heterocycles. The van der Waals surface area contributed by atoms with E-state index in [1.807, 2.05) is 0 Å². The highest BCUT2D eigenvalue weighted by Crippen LogP contribution is 2.51. The Hall–Kier alpha value is -5.08. The summed E-state index contributed by atoms with van der Waals surface area (Å²) in [5.41, 5.74) is 8.76. The standard InChI is InChI=1S/C45H41NO/c1-43(2,3)32-27-33(44(4,5)6)29-34(28-32)46-39-24-16-15-23-37(39)40-35-21-13-14-22-36(35)42-38(41(40)46)25-26-45(47-42,30-17-9-7-10-18-30)31-19-11-8-12-20-31/h7-29H,1-6H3. The van der Waals surface area contributed by atoms with Crippen LogP contribution in [-0.2, 0) is 16.4 Å². The Morgan fingerprint density at radius 3 is 1.64 bits per heavy atom. The lowest BCUT2D eigenvalue weighted by Crippen LogP contribution is -2.34. The second-order valence-corrected chi connectivity index (χ2v) is 15.0. The van der Waals surface area contributed by atoms with Gasteiger partial charge in [0.25, 0.3) is 0 Å². The summed E-state index contributed by atoms with van der Waals surface area (Å²) >= 11 is 0. The third kappa shape index (κ3) is 4.61. The second-order valence-electron chi connectivity index (χ2n) is 15.0. The fourth-order valence-corrected chi connectivity index (χ4v) is 7.30. The van der Waals surface area contributed by atoms with Crippen LogP contribution in [0.1, 0.15) is 69.4 Å². The number of aromatic nitrogens is 1. The molecule has 2 nitrogen and oxygen atoms in total. The van der Waals surface area contributed by atoms with E-state index in [2.05, 4.69) is 186 Å². The quantitative estimate of drug-likeness (QED) is 0.194. The summed E-state index contributed by atoms with van der Waals surface area (Å²) in [5, 5.41) is 4.83. The molecule has 232 valence electrons. The van der Waals surface area contributed by atoms with Crippen molar-refractivity contribution in [1.82, 2.24) is 4.57 Å². The maximum Gasteiger partial charge on any atom is 0.178 e. The number of hydrogen-bond donors (Lipinski definition) is 0. The van der Waals surface area contributed by atoms with Crippen LogP contribution in [0.25, 0.3) is 44.3 Å². The van der Waals surface area contributed by atoms with Crippen LogP contribution >= 0.6 is 0 Å². The minimum atomic E-state index is -0.769. The number of rotatable bonds is 3. The van der Waals surface area contributed by atoms with Crippen molar-refractivity contribution < 1.29 is 4.74 Å². The van der Waals surface area contributed by atoms with Gasteiger partial charge in [-0.15, -0.1) is 0 Å². The van der Waals surface area contributed by atoms with Gasteiger partial charge in [0.15, 0.2) is 5.60 Å². The van der Waals surface area contributed by atoms with E-state index in [4.69, 9.17) is 4.74 Å². The monoisotopic (exact) mass is 611 g/mol. The molecular formula is C45H41NO. The molecule has 1 aromatic heterocycles. The van der Waals surface area contributed by atoms with Crippen LogP contribution in [0.15, 0.2) is 133 Å². The van der Waals surface area contributed by atoms with Crippen molar-refractivity contribution in [3.63, 3.8) is 0 Å². The van der Waals surface area contributed by atoms with Crippen molar-refractivity contribution in [3.05, 3.63) is 161 Å². The van der Waals surface area contributed by atoms with E-state index in [-0.39, 0.29) is 10.8 Å². The molecule has 6 aromatic carbocycles. The summed E-state index contributed by atoms with van der Waals surface area (Å²) in [4.78, 5) is 0. The van der Waals surface area contributed by atoms with E-state index in [1.165, 1.54) is 44.0 Å². The lowest BCUT2D eigenvalue weighted by molar-refractivity contribution is 0.164.